The molecule has 1 heterocycles. The van der Waals surface area contributed by atoms with Crippen molar-refractivity contribution >= 4 is 10.0 Å². The molecule has 1 aromatic rings. The molecule has 0 radical (unpaired) electrons. The molecule has 2 unspecified atom stereocenters. The fourth-order valence-corrected chi connectivity index (χ4v) is 3.55. The van der Waals surface area contributed by atoms with Crippen LogP contribution < -0.4 is 4.72 Å². The van der Waals surface area contributed by atoms with Gasteiger partial charge < -0.3 is 0 Å². The third-order valence-corrected chi connectivity index (χ3v) is 4.72. The zero-order valence-corrected chi connectivity index (χ0v) is 10.9. The Morgan fingerprint density at radius 1 is 1.29 bits per heavy atom. The van der Waals surface area contributed by atoms with Gasteiger partial charge in [0.2, 0.25) is 10.0 Å². The lowest BCUT2D eigenvalue weighted by atomic mass is 10.1. The normalized spacial score (nSPS) is 26.2. The van der Waals surface area contributed by atoms with Crippen LogP contribution in [0.5, 0.6) is 0 Å². The molecular weight excluding hydrogens is 236 g/mol. The van der Waals surface area contributed by atoms with E-state index in [0.29, 0.717) is 10.8 Å². The summed E-state index contributed by atoms with van der Waals surface area (Å²) in [6.45, 7) is 3.00. The molecule has 1 aliphatic heterocycles. The molecule has 4 nitrogen and oxygen atoms in total. The Morgan fingerprint density at radius 2 is 1.94 bits per heavy atom. The molecule has 5 heteroatoms. The van der Waals surface area contributed by atoms with Gasteiger partial charge in [0.25, 0.3) is 0 Å². The molecule has 0 aliphatic carbocycles. The Balaban J connectivity index is 2.18. The molecule has 1 fully saturated rings. The first kappa shape index (κ1) is 12.5. The van der Waals surface area contributed by atoms with Crippen molar-refractivity contribution in [3.05, 3.63) is 30.3 Å². The van der Waals surface area contributed by atoms with Crippen molar-refractivity contribution < 1.29 is 8.42 Å². The van der Waals surface area contributed by atoms with Crippen LogP contribution in [0.25, 0.3) is 0 Å². The van der Waals surface area contributed by atoms with E-state index in [1.807, 2.05) is 18.0 Å². The minimum Gasteiger partial charge on any atom is -0.290 e. The summed E-state index contributed by atoms with van der Waals surface area (Å²) < 4.78 is 27.1. The maximum absolute atomic E-state index is 12.1. The van der Waals surface area contributed by atoms with Gasteiger partial charge in [0, 0.05) is 0 Å². The first-order chi connectivity index (χ1) is 8.00. The van der Waals surface area contributed by atoms with E-state index in [2.05, 4.69) is 11.6 Å². The molecule has 0 amide bonds. The molecule has 94 valence electrons. The predicted molar refractivity (Wildman–Crippen MR) is 67.0 cm³/mol. The number of benzene rings is 1. The van der Waals surface area contributed by atoms with Crippen LogP contribution in [-0.4, -0.2) is 33.1 Å². The molecule has 0 aromatic heterocycles. The van der Waals surface area contributed by atoms with E-state index in [0.717, 1.165) is 13.0 Å². The molecule has 2 atom stereocenters. The van der Waals surface area contributed by atoms with Gasteiger partial charge in [-0.3, -0.25) is 4.90 Å². The maximum atomic E-state index is 12.1. The topological polar surface area (TPSA) is 49.4 Å². The highest BCUT2D eigenvalue weighted by Gasteiger charge is 2.32. The predicted octanol–water partition coefficient (Wildman–Crippen LogP) is 1.26. The molecule has 1 aliphatic rings. The minimum atomic E-state index is -3.40. The second kappa shape index (κ2) is 4.76. The fraction of sp³-hybridized carbons (Fsp3) is 0.500. The van der Waals surface area contributed by atoms with Crippen LogP contribution in [-0.2, 0) is 10.0 Å². The van der Waals surface area contributed by atoms with Crippen molar-refractivity contribution in [2.75, 3.05) is 13.6 Å². The number of rotatable bonds is 3. The maximum Gasteiger partial charge on any atom is 0.241 e. The van der Waals surface area contributed by atoms with Gasteiger partial charge in [-0.1, -0.05) is 25.1 Å². The van der Waals surface area contributed by atoms with E-state index >= 15 is 0 Å². The van der Waals surface area contributed by atoms with Gasteiger partial charge in [-0.05, 0) is 38.1 Å². The SMILES string of the molecule is CC1CCN(C)C1NS(=O)(=O)c1ccccc1. The van der Waals surface area contributed by atoms with E-state index in [4.69, 9.17) is 0 Å². The number of likely N-dealkylation sites (tertiary alicyclic amines) is 1. The monoisotopic (exact) mass is 254 g/mol. The lowest BCUT2D eigenvalue weighted by Gasteiger charge is -2.23. The Labute approximate surface area is 103 Å². The average Bonchev–Trinajstić information content (AvgIpc) is 2.62. The summed E-state index contributed by atoms with van der Waals surface area (Å²) in [4.78, 5) is 2.37. The summed E-state index contributed by atoms with van der Waals surface area (Å²) >= 11 is 0. The number of nitrogens with one attached hydrogen (secondary N) is 1. The smallest absolute Gasteiger partial charge is 0.241 e. The summed E-state index contributed by atoms with van der Waals surface area (Å²) in [7, 11) is -1.46. The number of nitrogens with zero attached hydrogens (tertiary/aromatic N) is 1. The van der Waals surface area contributed by atoms with Gasteiger partial charge in [-0.15, -0.1) is 0 Å². The zero-order valence-electron chi connectivity index (χ0n) is 10.1. The van der Waals surface area contributed by atoms with Crippen LogP contribution in [0.15, 0.2) is 35.2 Å². The first-order valence-corrected chi connectivity index (χ1v) is 7.26. The second-order valence-electron chi connectivity index (χ2n) is 4.63. The highest BCUT2D eigenvalue weighted by Crippen LogP contribution is 2.22. The van der Waals surface area contributed by atoms with Crippen molar-refractivity contribution in [2.24, 2.45) is 5.92 Å². The van der Waals surface area contributed by atoms with Gasteiger partial charge in [0.15, 0.2) is 0 Å². The van der Waals surface area contributed by atoms with E-state index in [1.165, 1.54) is 0 Å². The van der Waals surface area contributed by atoms with Crippen molar-refractivity contribution in [2.45, 2.75) is 24.4 Å². The quantitative estimate of drug-likeness (QED) is 0.883. The van der Waals surface area contributed by atoms with E-state index in [-0.39, 0.29) is 6.17 Å². The molecule has 2 rings (SSSR count). The van der Waals surface area contributed by atoms with Gasteiger partial charge in [-0.2, -0.15) is 4.72 Å². The molecule has 1 N–H and O–H groups in total. The van der Waals surface area contributed by atoms with Gasteiger partial charge in [-0.25, -0.2) is 8.42 Å². The molecule has 1 saturated heterocycles. The Morgan fingerprint density at radius 3 is 2.47 bits per heavy atom. The highest BCUT2D eigenvalue weighted by molar-refractivity contribution is 7.89. The Kier molecular flexibility index (Phi) is 3.51. The van der Waals surface area contributed by atoms with Crippen LogP contribution in [0.2, 0.25) is 0 Å². The van der Waals surface area contributed by atoms with Crippen molar-refractivity contribution in [3.63, 3.8) is 0 Å². The third kappa shape index (κ3) is 2.68. The van der Waals surface area contributed by atoms with Crippen LogP contribution in [0.4, 0.5) is 0 Å². The van der Waals surface area contributed by atoms with Crippen LogP contribution >= 0.6 is 0 Å². The van der Waals surface area contributed by atoms with Crippen molar-refractivity contribution in [1.82, 2.24) is 9.62 Å². The summed E-state index contributed by atoms with van der Waals surface area (Å²) in [6, 6.07) is 8.50. The van der Waals surface area contributed by atoms with Crippen LogP contribution in [0.1, 0.15) is 13.3 Å². The Bertz CT molecular complexity index is 463. The van der Waals surface area contributed by atoms with Gasteiger partial charge in [0.1, 0.15) is 0 Å². The highest BCUT2D eigenvalue weighted by atomic mass is 32.2. The first-order valence-electron chi connectivity index (χ1n) is 5.78. The molecule has 0 bridgehead atoms. The van der Waals surface area contributed by atoms with Gasteiger partial charge in [0.05, 0.1) is 11.1 Å². The summed E-state index contributed by atoms with van der Waals surface area (Å²) in [5.74, 6) is 0.346. The standard InChI is InChI=1S/C12H18N2O2S/c1-10-8-9-14(2)12(10)13-17(15,16)11-6-4-3-5-7-11/h3-7,10,12-13H,8-9H2,1-2H3. The molecule has 17 heavy (non-hydrogen) atoms. The third-order valence-electron chi connectivity index (χ3n) is 3.28. The largest absolute Gasteiger partial charge is 0.290 e. The van der Waals surface area contributed by atoms with E-state index in [1.54, 1.807) is 24.3 Å². The van der Waals surface area contributed by atoms with Crippen LogP contribution in [0, 0.1) is 5.92 Å². The number of hydrogen-bond acceptors (Lipinski definition) is 3. The summed E-state index contributed by atoms with van der Waals surface area (Å²) in [6.07, 6.45) is 0.929. The van der Waals surface area contributed by atoms with Crippen molar-refractivity contribution in [1.29, 1.82) is 0 Å². The van der Waals surface area contributed by atoms with Crippen molar-refractivity contribution in [3.8, 4) is 0 Å². The lowest BCUT2D eigenvalue weighted by Crippen LogP contribution is -2.45. The average molecular weight is 254 g/mol. The lowest BCUT2D eigenvalue weighted by molar-refractivity contribution is 0.264. The van der Waals surface area contributed by atoms with E-state index in [9.17, 15) is 8.42 Å². The molecule has 1 aromatic carbocycles. The molecule has 0 saturated carbocycles. The summed E-state index contributed by atoms with van der Waals surface area (Å²) in [5.41, 5.74) is 0. The van der Waals surface area contributed by atoms with E-state index < -0.39 is 10.0 Å². The van der Waals surface area contributed by atoms with Crippen LogP contribution in [0.3, 0.4) is 0 Å². The number of sulfonamides is 1. The van der Waals surface area contributed by atoms with Gasteiger partial charge >= 0.3 is 0 Å². The molecule has 0 spiro atoms. The minimum absolute atomic E-state index is 0.0970. The number of hydrogen-bond donors (Lipinski definition) is 1. The Hall–Kier alpha value is -0.910. The second-order valence-corrected chi connectivity index (χ2v) is 6.34. The summed E-state index contributed by atoms with van der Waals surface area (Å²) in [5, 5.41) is 0. The zero-order chi connectivity index (χ0) is 12.5. The fourth-order valence-electron chi connectivity index (χ4n) is 2.17. The molecular formula is C12H18N2O2S.